The van der Waals surface area contributed by atoms with E-state index in [4.69, 9.17) is 0 Å². The molecule has 0 radical (unpaired) electrons. The quantitative estimate of drug-likeness (QED) is 0.632. The van der Waals surface area contributed by atoms with Crippen LogP contribution in [-0.2, 0) is 10.0 Å². The second kappa shape index (κ2) is 6.65. The first-order chi connectivity index (χ1) is 9.31. The maximum atomic E-state index is 13.6. The third-order valence-electron chi connectivity index (χ3n) is 3.18. The number of halogens is 2. The smallest absolute Gasteiger partial charge is 0.276 e. The van der Waals surface area contributed by atoms with Gasteiger partial charge in [-0.3, -0.25) is 10.1 Å². The number of hydrogen-bond acceptors (Lipinski definition) is 5. The molecule has 1 aliphatic heterocycles. The third-order valence-corrected chi connectivity index (χ3v) is 4.68. The maximum Gasteiger partial charge on any atom is 0.276 e. The van der Waals surface area contributed by atoms with Crippen LogP contribution in [0.15, 0.2) is 17.0 Å². The molecule has 1 aromatic carbocycles. The largest absolute Gasteiger partial charge is 0.315 e. The molecule has 1 fully saturated rings. The van der Waals surface area contributed by atoms with Crippen LogP contribution in [0.3, 0.4) is 0 Å². The van der Waals surface area contributed by atoms with E-state index >= 15 is 0 Å². The molecule has 1 saturated heterocycles. The minimum Gasteiger partial charge on any atom is -0.315 e. The Labute approximate surface area is 127 Å². The van der Waals surface area contributed by atoms with Gasteiger partial charge in [0.05, 0.1) is 15.4 Å². The molecule has 1 unspecified atom stereocenters. The molecular formula is C11H15ClFN3O4S. The van der Waals surface area contributed by atoms with Crippen molar-refractivity contribution in [2.45, 2.75) is 24.3 Å². The van der Waals surface area contributed by atoms with Crippen molar-refractivity contribution in [2.24, 2.45) is 0 Å². The van der Waals surface area contributed by atoms with Crippen LogP contribution >= 0.6 is 12.4 Å². The Hall–Kier alpha value is -1.29. The van der Waals surface area contributed by atoms with Gasteiger partial charge in [0.2, 0.25) is 10.0 Å². The molecule has 0 spiro atoms. The summed E-state index contributed by atoms with van der Waals surface area (Å²) in [6.45, 7) is 2.41. The molecule has 0 amide bonds. The van der Waals surface area contributed by atoms with Crippen molar-refractivity contribution >= 4 is 28.1 Å². The van der Waals surface area contributed by atoms with Crippen LogP contribution in [0.1, 0.15) is 12.0 Å². The van der Waals surface area contributed by atoms with Gasteiger partial charge in [0.1, 0.15) is 5.82 Å². The molecule has 10 heteroatoms. The van der Waals surface area contributed by atoms with E-state index in [1.807, 2.05) is 0 Å². The van der Waals surface area contributed by atoms with Crippen molar-refractivity contribution in [3.05, 3.63) is 33.6 Å². The molecule has 1 heterocycles. The maximum absolute atomic E-state index is 13.6. The minimum absolute atomic E-state index is 0. The third kappa shape index (κ3) is 3.88. The Morgan fingerprint density at radius 2 is 2.14 bits per heavy atom. The molecule has 0 bridgehead atoms. The van der Waals surface area contributed by atoms with E-state index in [1.165, 1.54) is 6.92 Å². The molecule has 7 nitrogen and oxygen atoms in total. The molecule has 118 valence electrons. The lowest BCUT2D eigenvalue weighted by molar-refractivity contribution is -0.385. The first kappa shape index (κ1) is 17.8. The number of rotatable bonds is 4. The van der Waals surface area contributed by atoms with E-state index < -0.39 is 31.3 Å². The van der Waals surface area contributed by atoms with E-state index in [-0.39, 0.29) is 24.0 Å². The summed E-state index contributed by atoms with van der Waals surface area (Å²) in [5, 5.41) is 13.8. The molecule has 0 saturated carbocycles. The van der Waals surface area contributed by atoms with Crippen molar-refractivity contribution in [1.29, 1.82) is 0 Å². The van der Waals surface area contributed by atoms with E-state index in [0.717, 1.165) is 12.1 Å². The predicted octanol–water partition coefficient (Wildman–Crippen LogP) is 1.10. The van der Waals surface area contributed by atoms with Gasteiger partial charge in [-0.25, -0.2) is 17.5 Å². The Morgan fingerprint density at radius 1 is 1.48 bits per heavy atom. The molecule has 2 N–H and O–H groups in total. The number of nitrogens with one attached hydrogen (secondary N) is 2. The van der Waals surface area contributed by atoms with Crippen LogP contribution in [0.5, 0.6) is 0 Å². The average molecular weight is 340 g/mol. The first-order valence-electron chi connectivity index (χ1n) is 5.99. The van der Waals surface area contributed by atoms with Crippen molar-refractivity contribution in [3.63, 3.8) is 0 Å². The predicted molar refractivity (Wildman–Crippen MR) is 76.6 cm³/mol. The average Bonchev–Trinajstić information content (AvgIpc) is 2.83. The van der Waals surface area contributed by atoms with Crippen LogP contribution in [-0.4, -0.2) is 32.5 Å². The van der Waals surface area contributed by atoms with Gasteiger partial charge < -0.3 is 5.32 Å². The van der Waals surface area contributed by atoms with Gasteiger partial charge in [0, 0.05) is 18.7 Å². The number of sulfonamides is 1. The molecule has 2 rings (SSSR count). The Balaban J connectivity index is 0.00000220. The molecule has 1 aromatic rings. The van der Waals surface area contributed by atoms with Crippen LogP contribution in [0, 0.1) is 22.9 Å². The van der Waals surface area contributed by atoms with Gasteiger partial charge in [-0.05, 0) is 26.0 Å². The zero-order chi connectivity index (χ0) is 14.9. The Bertz CT molecular complexity index is 647. The second-order valence-electron chi connectivity index (χ2n) is 4.62. The van der Waals surface area contributed by atoms with Crippen molar-refractivity contribution in [2.75, 3.05) is 13.1 Å². The van der Waals surface area contributed by atoms with Gasteiger partial charge >= 0.3 is 0 Å². The standard InChI is InChI=1S/C11H14FN3O4S.ClH/c1-7-10(12)4-9(5-11(7)15(16)17)20(18,19)14-8-2-3-13-6-8;/h4-5,8,13-14H,2-3,6H2,1H3;1H. The van der Waals surface area contributed by atoms with Crippen molar-refractivity contribution in [1.82, 2.24) is 10.0 Å². The fourth-order valence-corrected chi connectivity index (χ4v) is 3.33. The van der Waals surface area contributed by atoms with Gasteiger partial charge in [-0.2, -0.15) is 0 Å². The number of nitro groups is 1. The highest BCUT2D eigenvalue weighted by atomic mass is 35.5. The van der Waals surface area contributed by atoms with Crippen molar-refractivity contribution in [3.8, 4) is 0 Å². The van der Waals surface area contributed by atoms with E-state index in [9.17, 15) is 22.9 Å². The summed E-state index contributed by atoms with van der Waals surface area (Å²) in [7, 11) is -3.97. The Morgan fingerprint density at radius 3 is 2.67 bits per heavy atom. The fourth-order valence-electron chi connectivity index (χ4n) is 2.03. The van der Waals surface area contributed by atoms with Crippen LogP contribution in [0.4, 0.5) is 10.1 Å². The molecule has 0 aliphatic carbocycles. The molecular weight excluding hydrogens is 325 g/mol. The van der Waals surface area contributed by atoms with Crippen LogP contribution < -0.4 is 10.0 Å². The summed E-state index contributed by atoms with van der Waals surface area (Å²) in [5.41, 5.74) is -0.730. The number of nitro benzene ring substituents is 1. The summed E-state index contributed by atoms with van der Waals surface area (Å²) < 4.78 is 40.2. The monoisotopic (exact) mass is 339 g/mol. The Kier molecular flexibility index (Phi) is 5.62. The second-order valence-corrected chi connectivity index (χ2v) is 6.33. The molecule has 1 atom stereocenters. The highest BCUT2D eigenvalue weighted by molar-refractivity contribution is 7.89. The van der Waals surface area contributed by atoms with E-state index in [1.54, 1.807) is 0 Å². The summed E-state index contributed by atoms with van der Waals surface area (Å²) in [5.74, 6) is -0.913. The van der Waals surface area contributed by atoms with Crippen LogP contribution in [0.2, 0.25) is 0 Å². The molecule has 21 heavy (non-hydrogen) atoms. The number of hydrogen-bond donors (Lipinski definition) is 2. The summed E-state index contributed by atoms with van der Waals surface area (Å²) >= 11 is 0. The lowest BCUT2D eigenvalue weighted by atomic mass is 10.2. The highest BCUT2D eigenvalue weighted by Gasteiger charge is 2.26. The summed E-state index contributed by atoms with van der Waals surface area (Å²) in [6, 6.07) is 1.39. The molecule has 1 aliphatic rings. The van der Waals surface area contributed by atoms with Crippen LogP contribution in [0.25, 0.3) is 0 Å². The van der Waals surface area contributed by atoms with Gasteiger partial charge in [-0.1, -0.05) is 0 Å². The SMILES string of the molecule is Cc1c(F)cc(S(=O)(=O)NC2CCNC2)cc1[N+](=O)[O-].Cl. The molecule has 0 aromatic heterocycles. The zero-order valence-corrected chi connectivity index (χ0v) is 12.8. The number of nitrogens with zero attached hydrogens (tertiary/aromatic N) is 1. The zero-order valence-electron chi connectivity index (χ0n) is 11.1. The fraction of sp³-hybridized carbons (Fsp3) is 0.455. The normalized spacial score (nSPS) is 18.3. The summed E-state index contributed by atoms with van der Waals surface area (Å²) in [4.78, 5) is 9.58. The van der Waals surface area contributed by atoms with Gasteiger partial charge in [-0.15, -0.1) is 12.4 Å². The minimum atomic E-state index is -3.97. The van der Waals surface area contributed by atoms with E-state index in [2.05, 4.69) is 10.0 Å². The van der Waals surface area contributed by atoms with Gasteiger partial charge in [0.15, 0.2) is 0 Å². The topological polar surface area (TPSA) is 101 Å². The lowest BCUT2D eigenvalue weighted by Gasteiger charge is -2.12. The first-order valence-corrected chi connectivity index (χ1v) is 7.47. The highest BCUT2D eigenvalue weighted by Crippen LogP contribution is 2.25. The summed E-state index contributed by atoms with van der Waals surface area (Å²) in [6.07, 6.45) is 0.621. The number of benzene rings is 1. The lowest BCUT2D eigenvalue weighted by Crippen LogP contribution is -2.36. The van der Waals surface area contributed by atoms with Gasteiger partial charge in [0.25, 0.3) is 5.69 Å². The van der Waals surface area contributed by atoms with Crippen molar-refractivity contribution < 1.29 is 17.7 Å². The van der Waals surface area contributed by atoms with E-state index in [0.29, 0.717) is 19.5 Å².